The van der Waals surface area contributed by atoms with Crippen molar-refractivity contribution in [1.82, 2.24) is 9.97 Å². The molecule has 1 aromatic heterocycles. The smallest absolute Gasteiger partial charge is 0.241 e. The van der Waals surface area contributed by atoms with E-state index in [2.05, 4.69) is 9.97 Å². The molecule has 0 aliphatic carbocycles. The van der Waals surface area contributed by atoms with Gasteiger partial charge in [-0.3, -0.25) is 0 Å². The number of rotatable bonds is 5. The molecule has 0 bridgehead atoms. The number of nitrogens with zero attached hydrogens (tertiary/aromatic N) is 2. The molecule has 1 N–H and O–H groups in total. The minimum Gasteiger partial charge on any atom is -0.480 e. The fourth-order valence-electron chi connectivity index (χ4n) is 1.84. The number of aliphatic hydroxyl groups is 1. The molecule has 1 atom stereocenters. The van der Waals surface area contributed by atoms with Crippen LogP contribution in [0, 0.1) is 11.6 Å². The summed E-state index contributed by atoms with van der Waals surface area (Å²) in [6.07, 6.45) is 0.101. The zero-order chi connectivity index (χ0) is 15.4. The number of benzene rings is 1. The molecule has 1 unspecified atom stereocenters. The van der Waals surface area contributed by atoms with Crippen molar-refractivity contribution in [3.8, 4) is 11.8 Å². The van der Waals surface area contributed by atoms with Gasteiger partial charge < -0.3 is 14.6 Å². The second-order valence-corrected chi connectivity index (χ2v) is 4.26. The van der Waals surface area contributed by atoms with E-state index in [4.69, 9.17) is 9.47 Å². The van der Waals surface area contributed by atoms with Crippen LogP contribution in [0.1, 0.15) is 17.4 Å². The third-order valence-electron chi connectivity index (χ3n) is 2.89. The largest absolute Gasteiger partial charge is 0.480 e. The molecule has 0 aliphatic rings. The number of halogens is 2. The Morgan fingerprint density at radius 2 is 2.00 bits per heavy atom. The molecule has 0 saturated carbocycles. The van der Waals surface area contributed by atoms with E-state index in [1.54, 1.807) is 0 Å². The molecule has 0 spiro atoms. The van der Waals surface area contributed by atoms with Crippen molar-refractivity contribution in [2.75, 3.05) is 14.2 Å². The Hall–Kier alpha value is -2.28. The average molecular weight is 296 g/mol. The van der Waals surface area contributed by atoms with Crippen LogP contribution >= 0.6 is 0 Å². The van der Waals surface area contributed by atoms with Gasteiger partial charge in [-0.05, 0) is 11.6 Å². The SMILES string of the molecule is COc1cnc(C(O)Cc2ccc(F)cc2F)c(OC)n1. The zero-order valence-electron chi connectivity index (χ0n) is 11.5. The van der Waals surface area contributed by atoms with Gasteiger partial charge in [0.05, 0.1) is 20.4 Å². The number of aromatic nitrogens is 2. The number of hydrogen-bond acceptors (Lipinski definition) is 5. The van der Waals surface area contributed by atoms with Gasteiger partial charge in [-0.2, -0.15) is 4.98 Å². The lowest BCUT2D eigenvalue weighted by atomic mass is 10.0. The predicted octanol–water partition coefficient (Wildman–Crippen LogP) is 2.05. The summed E-state index contributed by atoms with van der Waals surface area (Å²) < 4.78 is 36.4. The van der Waals surface area contributed by atoms with Crippen LogP contribution in [0.15, 0.2) is 24.4 Å². The molecule has 5 nitrogen and oxygen atoms in total. The van der Waals surface area contributed by atoms with Gasteiger partial charge in [0.15, 0.2) is 0 Å². The fourth-order valence-corrected chi connectivity index (χ4v) is 1.84. The van der Waals surface area contributed by atoms with E-state index < -0.39 is 17.7 Å². The molecule has 1 aromatic carbocycles. The van der Waals surface area contributed by atoms with E-state index in [1.165, 1.54) is 26.5 Å². The Balaban J connectivity index is 2.25. The van der Waals surface area contributed by atoms with Crippen LogP contribution in [-0.4, -0.2) is 29.3 Å². The highest BCUT2D eigenvalue weighted by Crippen LogP contribution is 2.26. The lowest BCUT2D eigenvalue weighted by Gasteiger charge is -2.14. The second-order valence-electron chi connectivity index (χ2n) is 4.26. The van der Waals surface area contributed by atoms with Crippen LogP contribution in [0.5, 0.6) is 11.8 Å². The highest BCUT2D eigenvalue weighted by atomic mass is 19.1. The van der Waals surface area contributed by atoms with E-state index in [1.807, 2.05) is 0 Å². The third-order valence-corrected chi connectivity index (χ3v) is 2.89. The lowest BCUT2D eigenvalue weighted by Crippen LogP contribution is -2.09. The molecule has 0 radical (unpaired) electrons. The number of methoxy groups -OCH3 is 2. The summed E-state index contributed by atoms with van der Waals surface area (Å²) in [7, 11) is 2.80. The first-order chi connectivity index (χ1) is 10.0. The zero-order valence-corrected chi connectivity index (χ0v) is 11.5. The second kappa shape index (κ2) is 6.45. The van der Waals surface area contributed by atoms with Crippen molar-refractivity contribution >= 4 is 0 Å². The molecule has 1 heterocycles. The molecule has 2 aromatic rings. The monoisotopic (exact) mass is 296 g/mol. The molecular formula is C14H14F2N2O3. The van der Waals surface area contributed by atoms with Crippen LogP contribution in [-0.2, 0) is 6.42 Å². The summed E-state index contributed by atoms with van der Waals surface area (Å²) in [5.74, 6) is -1.08. The highest BCUT2D eigenvalue weighted by Gasteiger charge is 2.19. The number of aliphatic hydroxyl groups excluding tert-OH is 1. The van der Waals surface area contributed by atoms with Crippen molar-refractivity contribution < 1.29 is 23.4 Å². The first-order valence-electron chi connectivity index (χ1n) is 6.12. The van der Waals surface area contributed by atoms with Crippen molar-refractivity contribution in [3.05, 3.63) is 47.3 Å². The molecule has 2 rings (SSSR count). The minimum atomic E-state index is -1.14. The molecule has 0 aliphatic heterocycles. The molecule has 0 amide bonds. The highest BCUT2D eigenvalue weighted by molar-refractivity contribution is 5.27. The molecular weight excluding hydrogens is 282 g/mol. The Morgan fingerprint density at radius 3 is 2.62 bits per heavy atom. The number of hydrogen-bond donors (Lipinski definition) is 1. The summed E-state index contributed by atoms with van der Waals surface area (Å²) in [4.78, 5) is 7.99. The van der Waals surface area contributed by atoms with E-state index in [-0.39, 0.29) is 29.4 Å². The third kappa shape index (κ3) is 3.43. The molecule has 21 heavy (non-hydrogen) atoms. The van der Waals surface area contributed by atoms with Gasteiger partial charge in [-0.15, -0.1) is 0 Å². The van der Waals surface area contributed by atoms with Gasteiger partial charge in [-0.1, -0.05) is 6.07 Å². The maximum atomic E-state index is 13.6. The first-order valence-corrected chi connectivity index (χ1v) is 6.12. The van der Waals surface area contributed by atoms with Gasteiger partial charge in [0.25, 0.3) is 0 Å². The summed E-state index contributed by atoms with van der Waals surface area (Å²) in [5, 5.41) is 10.2. The minimum absolute atomic E-state index is 0.0799. The van der Waals surface area contributed by atoms with Crippen LogP contribution in [0.2, 0.25) is 0 Å². The van der Waals surface area contributed by atoms with Gasteiger partial charge in [0, 0.05) is 12.5 Å². The van der Waals surface area contributed by atoms with E-state index in [9.17, 15) is 13.9 Å². The fraction of sp³-hybridized carbons (Fsp3) is 0.286. The standard InChI is InChI=1S/C14H14F2N2O3/c1-20-12-7-17-13(14(18-12)21-2)11(19)5-8-3-4-9(15)6-10(8)16/h3-4,6-7,11,19H,5H2,1-2H3. The number of ether oxygens (including phenoxy) is 2. The van der Waals surface area contributed by atoms with Gasteiger partial charge in [-0.25, -0.2) is 13.8 Å². The summed E-state index contributed by atoms with van der Waals surface area (Å²) in [6, 6.07) is 3.17. The predicted molar refractivity (Wildman–Crippen MR) is 70.2 cm³/mol. The molecule has 0 fully saturated rings. The topological polar surface area (TPSA) is 64.5 Å². The normalized spacial score (nSPS) is 12.0. The molecule has 0 saturated heterocycles. The van der Waals surface area contributed by atoms with Crippen molar-refractivity contribution in [1.29, 1.82) is 0 Å². The molecule has 7 heteroatoms. The Morgan fingerprint density at radius 1 is 1.24 bits per heavy atom. The van der Waals surface area contributed by atoms with Gasteiger partial charge in [0.2, 0.25) is 11.8 Å². The Labute approximate surface area is 120 Å². The Bertz CT molecular complexity index is 638. The van der Waals surface area contributed by atoms with Gasteiger partial charge in [0.1, 0.15) is 23.4 Å². The van der Waals surface area contributed by atoms with E-state index in [0.717, 1.165) is 12.1 Å². The summed E-state index contributed by atoms with van der Waals surface area (Å²) in [6.45, 7) is 0. The van der Waals surface area contributed by atoms with Crippen molar-refractivity contribution in [2.45, 2.75) is 12.5 Å². The lowest BCUT2D eigenvalue weighted by molar-refractivity contribution is 0.165. The summed E-state index contributed by atoms with van der Waals surface area (Å²) >= 11 is 0. The van der Waals surface area contributed by atoms with Crippen molar-refractivity contribution in [2.24, 2.45) is 0 Å². The van der Waals surface area contributed by atoms with E-state index >= 15 is 0 Å². The maximum Gasteiger partial charge on any atom is 0.241 e. The van der Waals surface area contributed by atoms with Crippen molar-refractivity contribution in [3.63, 3.8) is 0 Å². The van der Waals surface area contributed by atoms with E-state index in [0.29, 0.717) is 0 Å². The quantitative estimate of drug-likeness (QED) is 0.915. The van der Waals surface area contributed by atoms with Crippen LogP contribution in [0.3, 0.4) is 0 Å². The maximum absolute atomic E-state index is 13.6. The first kappa shape index (κ1) is 15.1. The Kier molecular flexibility index (Phi) is 4.64. The van der Waals surface area contributed by atoms with Crippen LogP contribution in [0.25, 0.3) is 0 Å². The molecule has 112 valence electrons. The van der Waals surface area contributed by atoms with Crippen LogP contribution < -0.4 is 9.47 Å². The average Bonchev–Trinajstić information content (AvgIpc) is 2.49. The van der Waals surface area contributed by atoms with Gasteiger partial charge >= 0.3 is 0 Å². The summed E-state index contributed by atoms with van der Waals surface area (Å²) in [5.41, 5.74) is 0.325. The van der Waals surface area contributed by atoms with Crippen LogP contribution in [0.4, 0.5) is 8.78 Å².